The zero-order valence-electron chi connectivity index (χ0n) is 10.0. The summed E-state index contributed by atoms with van der Waals surface area (Å²) in [5, 5.41) is 0. The van der Waals surface area contributed by atoms with Crippen molar-refractivity contribution in [2.75, 3.05) is 13.7 Å². The second kappa shape index (κ2) is 5.51. The number of ether oxygens (including phenoxy) is 1. The molecule has 0 aromatic heterocycles. The first-order valence-electron chi connectivity index (χ1n) is 5.77. The minimum atomic E-state index is 0.688. The lowest BCUT2D eigenvalue weighted by atomic mass is 10.0. The van der Waals surface area contributed by atoms with Crippen molar-refractivity contribution in [3.05, 3.63) is 54.1 Å². The van der Waals surface area contributed by atoms with Crippen LogP contribution in [-0.4, -0.2) is 13.7 Å². The molecule has 0 fully saturated rings. The van der Waals surface area contributed by atoms with Crippen molar-refractivity contribution in [2.24, 2.45) is 5.73 Å². The maximum absolute atomic E-state index is 5.54. The molecule has 0 saturated carbocycles. The van der Waals surface area contributed by atoms with E-state index in [1.807, 2.05) is 18.2 Å². The molecule has 0 heterocycles. The molecule has 0 radical (unpaired) electrons. The standard InChI is InChI=1S/C15H17NO/c1-17-15-5-3-2-4-14(15)13-8-6-12(7-9-13)10-11-16/h2-9H,10-11,16H2,1H3. The van der Waals surface area contributed by atoms with Gasteiger partial charge in [0, 0.05) is 5.56 Å². The fourth-order valence-electron chi connectivity index (χ4n) is 1.90. The lowest BCUT2D eigenvalue weighted by Crippen LogP contribution is -2.02. The first-order chi connectivity index (χ1) is 8.35. The summed E-state index contributed by atoms with van der Waals surface area (Å²) in [6.45, 7) is 0.688. The second-order valence-electron chi connectivity index (χ2n) is 3.94. The molecule has 17 heavy (non-hydrogen) atoms. The van der Waals surface area contributed by atoms with Gasteiger partial charge in [0.05, 0.1) is 7.11 Å². The molecule has 0 aliphatic carbocycles. The van der Waals surface area contributed by atoms with Crippen LogP contribution in [0, 0.1) is 0 Å². The summed E-state index contributed by atoms with van der Waals surface area (Å²) < 4.78 is 5.36. The van der Waals surface area contributed by atoms with Crippen LogP contribution < -0.4 is 10.5 Å². The smallest absolute Gasteiger partial charge is 0.126 e. The third kappa shape index (κ3) is 2.66. The largest absolute Gasteiger partial charge is 0.496 e. The van der Waals surface area contributed by atoms with Crippen molar-refractivity contribution >= 4 is 0 Å². The van der Waals surface area contributed by atoms with Crippen LogP contribution in [-0.2, 0) is 6.42 Å². The molecule has 0 amide bonds. The number of methoxy groups -OCH3 is 1. The first kappa shape index (κ1) is 11.7. The highest BCUT2D eigenvalue weighted by Crippen LogP contribution is 2.29. The first-order valence-corrected chi connectivity index (χ1v) is 5.77. The average molecular weight is 227 g/mol. The molecule has 0 saturated heterocycles. The molecule has 0 aliphatic rings. The lowest BCUT2D eigenvalue weighted by molar-refractivity contribution is 0.416. The Hall–Kier alpha value is -1.80. The van der Waals surface area contributed by atoms with Gasteiger partial charge in [0.25, 0.3) is 0 Å². The second-order valence-corrected chi connectivity index (χ2v) is 3.94. The zero-order chi connectivity index (χ0) is 12.1. The molecule has 2 aromatic rings. The number of benzene rings is 2. The van der Waals surface area contributed by atoms with E-state index in [1.165, 1.54) is 11.1 Å². The van der Waals surface area contributed by atoms with Gasteiger partial charge in [0.1, 0.15) is 5.75 Å². The van der Waals surface area contributed by atoms with E-state index >= 15 is 0 Å². The van der Waals surface area contributed by atoms with E-state index in [0.29, 0.717) is 6.54 Å². The Morgan fingerprint density at radius 2 is 1.71 bits per heavy atom. The van der Waals surface area contributed by atoms with E-state index in [2.05, 4.69) is 30.3 Å². The summed E-state index contributed by atoms with van der Waals surface area (Å²) in [6, 6.07) is 16.5. The van der Waals surface area contributed by atoms with Gasteiger partial charge in [0.2, 0.25) is 0 Å². The van der Waals surface area contributed by atoms with E-state index in [-0.39, 0.29) is 0 Å². The predicted octanol–water partition coefficient (Wildman–Crippen LogP) is 2.86. The van der Waals surface area contributed by atoms with Gasteiger partial charge in [-0.1, -0.05) is 42.5 Å². The molecule has 0 aliphatic heterocycles. The summed E-state index contributed by atoms with van der Waals surface area (Å²) in [7, 11) is 1.70. The maximum atomic E-state index is 5.54. The molecule has 2 heteroatoms. The van der Waals surface area contributed by atoms with Crippen LogP contribution in [0.4, 0.5) is 0 Å². The highest BCUT2D eigenvalue weighted by molar-refractivity contribution is 5.70. The van der Waals surface area contributed by atoms with Gasteiger partial charge in [-0.15, -0.1) is 0 Å². The van der Waals surface area contributed by atoms with Crippen LogP contribution in [0.25, 0.3) is 11.1 Å². The molecule has 88 valence electrons. The highest BCUT2D eigenvalue weighted by Gasteiger charge is 2.04. The predicted molar refractivity (Wildman–Crippen MR) is 71.2 cm³/mol. The molecular weight excluding hydrogens is 210 g/mol. The number of hydrogen-bond donors (Lipinski definition) is 1. The van der Waals surface area contributed by atoms with E-state index in [9.17, 15) is 0 Å². The van der Waals surface area contributed by atoms with E-state index in [0.717, 1.165) is 17.7 Å². The highest BCUT2D eigenvalue weighted by atomic mass is 16.5. The summed E-state index contributed by atoms with van der Waals surface area (Å²) in [4.78, 5) is 0. The summed E-state index contributed by atoms with van der Waals surface area (Å²) in [5.74, 6) is 0.902. The third-order valence-corrected chi connectivity index (χ3v) is 2.80. The van der Waals surface area contributed by atoms with Crippen molar-refractivity contribution in [3.8, 4) is 16.9 Å². The monoisotopic (exact) mass is 227 g/mol. The fraction of sp³-hybridized carbons (Fsp3) is 0.200. The van der Waals surface area contributed by atoms with Gasteiger partial charge in [-0.05, 0) is 30.2 Å². The summed E-state index contributed by atoms with van der Waals surface area (Å²) in [6.07, 6.45) is 0.923. The Kier molecular flexibility index (Phi) is 3.78. The molecule has 0 unspecified atom stereocenters. The van der Waals surface area contributed by atoms with Gasteiger partial charge in [-0.25, -0.2) is 0 Å². The van der Waals surface area contributed by atoms with Crippen molar-refractivity contribution in [1.82, 2.24) is 0 Å². The number of rotatable bonds is 4. The Balaban J connectivity index is 2.33. The van der Waals surface area contributed by atoms with Crippen LogP contribution in [0.15, 0.2) is 48.5 Å². The topological polar surface area (TPSA) is 35.2 Å². The van der Waals surface area contributed by atoms with Gasteiger partial charge < -0.3 is 10.5 Å². The van der Waals surface area contributed by atoms with E-state index < -0.39 is 0 Å². The number of hydrogen-bond acceptors (Lipinski definition) is 2. The van der Waals surface area contributed by atoms with Crippen molar-refractivity contribution in [1.29, 1.82) is 0 Å². The third-order valence-electron chi connectivity index (χ3n) is 2.80. The minimum absolute atomic E-state index is 0.688. The van der Waals surface area contributed by atoms with Crippen LogP contribution in [0.1, 0.15) is 5.56 Å². The number of nitrogens with two attached hydrogens (primary N) is 1. The van der Waals surface area contributed by atoms with Gasteiger partial charge >= 0.3 is 0 Å². The van der Waals surface area contributed by atoms with Crippen molar-refractivity contribution in [3.63, 3.8) is 0 Å². The van der Waals surface area contributed by atoms with Gasteiger partial charge in [-0.3, -0.25) is 0 Å². The Bertz CT molecular complexity index is 477. The van der Waals surface area contributed by atoms with Crippen molar-refractivity contribution < 1.29 is 4.74 Å². The average Bonchev–Trinajstić information content (AvgIpc) is 2.40. The molecule has 2 aromatic carbocycles. The Morgan fingerprint density at radius 1 is 1.00 bits per heavy atom. The SMILES string of the molecule is COc1ccccc1-c1ccc(CCN)cc1. The maximum Gasteiger partial charge on any atom is 0.126 e. The van der Waals surface area contributed by atoms with Crippen LogP contribution in [0.5, 0.6) is 5.75 Å². The normalized spacial score (nSPS) is 10.2. The molecule has 2 N–H and O–H groups in total. The van der Waals surface area contributed by atoms with Crippen LogP contribution >= 0.6 is 0 Å². The molecule has 2 nitrogen and oxygen atoms in total. The number of para-hydroxylation sites is 1. The summed E-state index contributed by atoms with van der Waals surface area (Å²) in [5.41, 5.74) is 9.09. The van der Waals surface area contributed by atoms with Crippen LogP contribution in [0.3, 0.4) is 0 Å². The van der Waals surface area contributed by atoms with Gasteiger partial charge in [0.15, 0.2) is 0 Å². The molecule has 0 spiro atoms. The minimum Gasteiger partial charge on any atom is -0.496 e. The van der Waals surface area contributed by atoms with Crippen LogP contribution in [0.2, 0.25) is 0 Å². The Labute approximate surface area is 102 Å². The zero-order valence-corrected chi connectivity index (χ0v) is 10.0. The lowest BCUT2D eigenvalue weighted by Gasteiger charge is -2.08. The van der Waals surface area contributed by atoms with Crippen molar-refractivity contribution in [2.45, 2.75) is 6.42 Å². The fourth-order valence-corrected chi connectivity index (χ4v) is 1.90. The quantitative estimate of drug-likeness (QED) is 0.871. The summed E-state index contributed by atoms with van der Waals surface area (Å²) >= 11 is 0. The molecule has 2 rings (SSSR count). The Morgan fingerprint density at radius 3 is 2.35 bits per heavy atom. The van der Waals surface area contributed by atoms with Gasteiger partial charge in [-0.2, -0.15) is 0 Å². The molecular formula is C15H17NO. The molecule has 0 atom stereocenters. The van der Waals surface area contributed by atoms with E-state index in [1.54, 1.807) is 7.11 Å². The molecule has 0 bridgehead atoms. The van der Waals surface area contributed by atoms with E-state index in [4.69, 9.17) is 10.5 Å².